The van der Waals surface area contributed by atoms with Gasteiger partial charge in [0.1, 0.15) is 0 Å². The van der Waals surface area contributed by atoms with Gasteiger partial charge < -0.3 is 5.11 Å². The Morgan fingerprint density at radius 3 is 2.60 bits per heavy atom. The van der Waals surface area contributed by atoms with Crippen LogP contribution in [0.25, 0.3) is 0 Å². The Bertz CT molecular complexity index is 517. The van der Waals surface area contributed by atoms with E-state index in [2.05, 4.69) is 37.7 Å². The van der Waals surface area contributed by atoms with Crippen molar-refractivity contribution in [2.75, 3.05) is 23.0 Å². The average Bonchev–Trinajstić information content (AvgIpc) is 3.13. The molecular weight excluding hydrogens is 368 g/mol. The van der Waals surface area contributed by atoms with Crippen LogP contribution in [-0.2, 0) is 0 Å². The second-order valence-corrected chi connectivity index (χ2v) is 9.62. The molecule has 25 heavy (non-hydrogen) atoms. The summed E-state index contributed by atoms with van der Waals surface area (Å²) in [6.07, 6.45) is 5.42. The van der Waals surface area contributed by atoms with Gasteiger partial charge >= 0.3 is 0 Å². The zero-order chi connectivity index (χ0) is 18.7. The molecule has 142 valence electrons. The van der Waals surface area contributed by atoms with Gasteiger partial charge in [-0.25, -0.2) is 4.98 Å². The molecule has 3 unspecified atom stereocenters. The Morgan fingerprint density at radius 2 is 1.96 bits per heavy atom. The largest absolute Gasteiger partial charge is 0.392 e. The first-order valence-electron chi connectivity index (χ1n) is 8.84. The molecule has 0 bridgehead atoms. The molecule has 0 saturated heterocycles. The maximum atomic E-state index is 10.4. The molecule has 6 heteroatoms. The summed E-state index contributed by atoms with van der Waals surface area (Å²) in [5.74, 6) is 5.11. The fourth-order valence-corrected chi connectivity index (χ4v) is 5.41. The van der Waals surface area contributed by atoms with Crippen LogP contribution in [0.3, 0.4) is 0 Å². The first-order valence-corrected chi connectivity index (χ1v) is 12.0. The normalized spacial score (nSPS) is 17.6. The third-order valence-electron chi connectivity index (χ3n) is 4.08. The molecule has 0 amide bonds. The molecule has 1 rings (SSSR count). The van der Waals surface area contributed by atoms with Gasteiger partial charge in [-0.05, 0) is 25.5 Å². The first kappa shape index (κ1) is 22.7. The fraction of sp³-hybridized carbons (Fsp3) is 0.684. The molecule has 0 fully saturated rings. The van der Waals surface area contributed by atoms with Crippen LogP contribution in [0.1, 0.15) is 45.5 Å². The number of rotatable bonds is 12. The number of aliphatic hydroxyl groups excluding tert-OH is 1. The lowest BCUT2D eigenvalue weighted by molar-refractivity contribution is 0.151. The quantitative estimate of drug-likeness (QED) is 0.481. The Hall–Kier alpha value is -0.300. The topological polar surface area (TPSA) is 45.5 Å². The van der Waals surface area contributed by atoms with Gasteiger partial charge in [0, 0.05) is 52.6 Å². The number of hydrogen-bond donors (Lipinski definition) is 1. The van der Waals surface area contributed by atoms with Crippen molar-refractivity contribution < 1.29 is 5.11 Å². The number of hydrogen-bond acceptors (Lipinski definition) is 6. The minimum atomic E-state index is -0.243. The van der Waals surface area contributed by atoms with E-state index in [0.29, 0.717) is 17.8 Å². The zero-order valence-corrected chi connectivity index (χ0v) is 18.5. The Balaban J connectivity index is 2.20. The summed E-state index contributed by atoms with van der Waals surface area (Å²) in [5.41, 5.74) is 1.15. The monoisotopic (exact) mass is 400 g/mol. The van der Waals surface area contributed by atoms with Crippen molar-refractivity contribution in [1.29, 1.82) is 0 Å². The molecule has 0 saturated carbocycles. The van der Waals surface area contributed by atoms with Crippen LogP contribution in [-0.4, -0.2) is 44.9 Å². The van der Waals surface area contributed by atoms with Crippen molar-refractivity contribution >= 4 is 40.6 Å². The zero-order valence-electron chi connectivity index (χ0n) is 16.0. The van der Waals surface area contributed by atoms with Crippen molar-refractivity contribution in [2.24, 2.45) is 16.8 Å². The Labute approximate surface area is 165 Å². The van der Waals surface area contributed by atoms with Gasteiger partial charge in [0.15, 0.2) is 0 Å². The summed E-state index contributed by atoms with van der Waals surface area (Å²) >= 11 is 5.47. The lowest BCUT2D eigenvalue weighted by atomic mass is 10.1. The summed E-state index contributed by atoms with van der Waals surface area (Å²) < 4.78 is 0. The Kier molecular flexibility index (Phi) is 11.8. The second kappa shape index (κ2) is 13.0. The van der Waals surface area contributed by atoms with Crippen LogP contribution in [0.5, 0.6) is 0 Å². The standard InChI is InChI=1S/C19H32N2OS3/c1-6-7-20-17(5)14(2)10-24-13-18(22)15(3)11-23-12-16(4)19-21-8-9-25-19/h6-9,14-16,18,22H,10-13H2,1-5H3/b7-6-,20-17?/t14?,15?,16?,18-/m0/s1. The lowest BCUT2D eigenvalue weighted by Gasteiger charge is -2.20. The third kappa shape index (κ3) is 9.27. The van der Waals surface area contributed by atoms with E-state index >= 15 is 0 Å². The van der Waals surface area contributed by atoms with E-state index in [1.807, 2.05) is 54.3 Å². The molecule has 1 aromatic rings. The molecular formula is C19H32N2OS3. The van der Waals surface area contributed by atoms with Crippen molar-refractivity contribution in [1.82, 2.24) is 4.98 Å². The van der Waals surface area contributed by atoms with Crippen LogP contribution in [0, 0.1) is 11.8 Å². The maximum absolute atomic E-state index is 10.4. The highest BCUT2D eigenvalue weighted by Gasteiger charge is 2.16. The van der Waals surface area contributed by atoms with Crippen LogP contribution in [0.4, 0.5) is 0 Å². The predicted molar refractivity (Wildman–Crippen MR) is 117 cm³/mol. The van der Waals surface area contributed by atoms with E-state index in [0.717, 1.165) is 28.7 Å². The molecule has 4 atom stereocenters. The summed E-state index contributed by atoms with van der Waals surface area (Å²) in [4.78, 5) is 8.78. The van der Waals surface area contributed by atoms with Gasteiger partial charge in [-0.2, -0.15) is 23.5 Å². The summed E-state index contributed by atoms with van der Waals surface area (Å²) in [7, 11) is 0. The van der Waals surface area contributed by atoms with Crippen LogP contribution in [0.15, 0.2) is 28.8 Å². The molecule has 1 heterocycles. The average molecular weight is 401 g/mol. The highest BCUT2D eigenvalue weighted by Crippen LogP contribution is 2.24. The Morgan fingerprint density at radius 1 is 1.24 bits per heavy atom. The van der Waals surface area contributed by atoms with Crippen LogP contribution >= 0.6 is 34.9 Å². The summed E-state index contributed by atoms with van der Waals surface area (Å²) in [6.45, 7) is 10.6. The molecule has 0 spiro atoms. The molecule has 0 aliphatic rings. The SMILES string of the molecule is C/C=C\N=C(C)C(C)CSC[C@H](O)C(C)CSCC(C)c1nccs1. The molecule has 1 N–H and O–H groups in total. The number of allylic oxidation sites excluding steroid dienone is 1. The highest BCUT2D eigenvalue weighted by molar-refractivity contribution is 7.99. The van der Waals surface area contributed by atoms with Gasteiger partial charge in [-0.3, -0.25) is 4.99 Å². The number of aromatic nitrogens is 1. The fourth-order valence-electron chi connectivity index (χ4n) is 2.06. The van der Waals surface area contributed by atoms with Gasteiger partial charge in [0.25, 0.3) is 0 Å². The number of aliphatic hydroxyl groups is 1. The predicted octanol–water partition coefficient (Wildman–Crippen LogP) is 5.34. The molecule has 1 aromatic heterocycles. The van der Waals surface area contributed by atoms with Gasteiger partial charge in [0.05, 0.1) is 11.1 Å². The van der Waals surface area contributed by atoms with E-state index < -0.39 is 0 Å². The smallest absolute Gasteiger partial charge is 0.0961 e. The van der Waals surface area contributed by atoms with E-state index in [4.69, 9.17) is 0 Å². The van der Waals surface area contributed by atoms with Crippen LogP contribution < -0.4 is 0 Å². The molecule has 0 radical (unpaired) electrons. The van der Waals surface area contributed by atoms with E-state index in [9.17, 15) is 5.11 Å². The number of aliphatic imine (C=N–C) groups is 1. The van der Waals surface area contributed by atoms with Gasteiger partial charge in [0.2, 0.25) is 0 Å². The van der Waals surface area contributed by atoms with Crippen molar-refractivity contribution in [3.05, 3.63) is 28.9 Å². The van der Waals surface area contributed by atoms with Gasteiger partial charge in [-0.1, -0.05) is 26.8 Å². The summed E-state index contributed by atoms with van der Waals surface area (Å²) in [6, 6.07) is 0. The number of thioether (sulfide) groups is 2. The van der Waals surface area contributed by atoms with Crippen molar-refractivity contribution in [3.8, 4) is 0 Å². The van der Waals surface area contributed by atoms with E-state index in [-0.39, 0.29) is 6.10 Å². The maximum Gasteiger partial charge on any atom is 0.0961 e. The second-order valence-electron chi connectivity index (χ2n) is 6.54. The van der Waals surface area contributed by atoms with Gasteiger partial charge in [-0.15, -0.1) is 11.3 Å². The molecule has 0 aromatic carbocycles. The van der Waals surface area contributed by atoms with E-state index in [1.165, 1.54) is 5.01 Å². The first-order chi connectivity index (χ1) is 12.0. The molecule has 0 aliphatic heterocycles. The van der Waals surface area contributed by atoms with E-state index in [1.54, 1.807) is 11.3 Å². The molecule has 0 aliphatic carbocycles. The van der Waals surface area contributed by atoms with Crippen LogP contribution in [0.2, 0.25) is 0 Å². The number of thiazole rings is 1. The molecule has 3 nitrogen and oxygen atoms in total. The lowest BCUT2D eigenvalue weighted by Crippen LogP contribution is -2.23. The summed E-state index contributed by atoms with van der Waals surface area (Å²) in [5, 5.41) is 13.6. The van der Waals surface area contributed by atoms with Crippen molar-refractivity contribution in [2.45, 2.75) is 46.6 Å². The third-order valence-corrected chi connectivity index (χ3v) is 7.89. The minimum absolute atomic E-state index is 0.243. The minimum Gasteiger partial charge on any atom is -0.392 e. The number of nitrogens with zero attached hydrogens (tertiary/aromatic N) is 2. The van der Waals surface area contributed by atoms with Crippen molar-refractivity contribution in [3.63, 3.8) is 0 Å². The highest BCUT2D eigenvalue weighted by atomic mass is 32.2.